The van der Waals surface area contributed by atoms with Gasteiger partial charge in [0, 0.05) is 0 Å². The molecule has 1 heterocycles. The van der Waals surface area contributed by atoms with E-state index in [-0.39, 0.29) is 0 Å². The lowest BCUT2D eigenvalue weighted by Crippen LogP contribution is -1.92. The summed E-state index contributed by atoms with van der Waals surface area (Å²) in [6, 6.07) is 0. The third kappa shape index (κ3) is 0.623. The van der Waals surface area contributed by atoms with Gasteiger partial charge in [-0.05, 0) is 0 Å². The summed E-state index contributed by atoms with van der Waals surface area (Å²) < 4.78 is 1.31. The van der Waals surface area contributed by atoms with Crippen LogP contribution in [0.2, 0.25) is 0 Å². The van der Waals surface area contributed by atoms with Crippen molar-refractivity contribution in [3.63, 3.8) is 0 Å². The Morgan fingerprint density at radius 2 is 2.57 bits per heavy atom. The first-order valence-corrected chi connectivity index (χ1v) is 1.80. The van der Waals surface area contributed by atoms with Crippen LogP contribution in [0.3, 0.4) is 0 Å². The van der Waals surface area contributed by atoms with E-state index in [2.05, 4.69) is 10.3 Å². The molecule has 0 atom stereocenters. The van der Waals surface area contributed by atoms with Crippen LogP contribution in [0.5, 0.6) is 0 Å². The molecule has 0 saturated carbocycles. The Kier molecular flexibility index (Phi) is 0.856. The van der Waals surface area contributed by atoms with Crippen LogP contribution in [-0.2, 0) is 0 Å². The number of rotatable bonds is 1. The van der Waals surface area contributed by atoms with E-state index in [9.17, 15) is 0 Å². The molecule has 4 nitrogen and oxygen atoms in total. The summed E-state index contributed by atoms with van der Waals surface area (Å²) in [7, 11) is 0. The van der Waals surface area contributed by atoms with Crippen molar-refractivity contribution in [2.75, 3.05) is 0 Å². The van der Waals surface area contributed by atoms with Gasteiger partial charge in [-0.15, -0.1) is 5.10 Å². The average molecular weight is 96.1 g/mol. The first-order valence-electron chi connectivity index (χ1n) is 1.80. The molecule has 0 unspecified atom stereocenters. The lowest BCUT2D eigenvalue weighted by molar-refractivity contribution is 0.852. The van der Waals surface area contributed by atoms with Crippen molar-refractivity contribution in [2.45, 2.75) is 0 Å². The van der Waals surface area contributed by atoms with Gasteiger partial charge >= 0.3 is 0 Å². The standard InChI is InChI=1S/C3H4N4/c4-3-7-2-1-5-6-7/h1-4H. The molecule has 0 amide bonds. The van der Waals surface area contributed by atoms with Gasteiger partial charge in [0.25, 0.3) is 0 Å². The Labute approximate surface area is 40.3 Å². The van der Waals surface area contributed by atoms with E-state index in [1.807, 2.05) is 0 Å². The van der Waals surface area contributed by atoms with E-state index < -0.39 is 0 Å². The molecule has 0 aliphatic rings. The predicted molar refractivity (Wildman–Crippen MR) is 24.2 cm³/mol. The molecule has 0 aromatic carbocycles. The summed E-state index contributed by atoms with van der Waals surface area (Å²) in [6.07, 6.45) is 4.19. The number of nitrogens with zero attached hydrogens (tertiary/aromatic N) is 3. The molecular formula is C3H4N4. The van der Waals surface area contributed by atoms with Crippen molar-refractivity contribution < 1.29 is 0 Å². The number of nitrogens with one attached hydrogen (secondary N) is 1. The minimum absolute atomic E-state index is 1.08. The highest BCUT2D eigenvalue weighted by Crippen LogP contribution is 1.68. The Morgan fingerprint density at radius 3 is 2.86 bits per heavy atom. The summed E-state index contributed by atoms with van der Waals surface area (Å²) in [5.74, 6) is 0. The first-order chi connectivity index (χ1) is 3.43. The molecule has 7 heavy (non-hydrogen) atoms. The molecule has 1 N–H and O–H groups in total. The van der Waals surface area contributed by atoms with Crippen molar-refractivity contribution >= 4 is 6.34 Å². The molecule has 0 aliphatic carbocycles. The fourth-order valence-corrected chi connectivity index (χ4v) is 0.286. The van der Waals surface area contributed by atoms with Gasteiger partial charge in [-0.1, -0.05) is 5.21 Å². The summed E-state index contributed by atoms with van der Waals surface area (Å²) in [5, 5.41) is 13.5. The molecule has 0 spiro atoms. The Hall–Kier alpha value is -1.19. The van der Waals surface area contributed by atoms with Gasteiger partial charge in [-0.2, -0.15) is 0 Å². The zero-order chi connectivity index (χ0) is 5.11. The van der Waals surface area contributed by atoms with Crippen molar-refractivity contribution in [2.24, 2.45) is 0 Å². The molecule has 1 aromatic rings. The van der Waals surface area contributed by atoms with Gasteiger partial charge < -0.3 is 0 Å². The van der Waals surface area contributed by atoms with Crippen LogP contribution >= 0.6 is 0 Å². The Morgan fingerprint density at radius 1 is 1.71 bits per heavy atom. The highest BCUT2D eigenvalue weighted by atomic mass is 15.4. The maximum Gasteiger partial charge on any atom is 0.110 e. The molecule has 36 valence electrons. The van der Waals surface area contributed by atoms with Gasteiger partial charge in [-0.3, -0.25) is 5.41 Å². The van der Waals surface area contributed by atoms with Crippen LogP contribution in [-0.4, -0.2) is 21.3 Å². The maximum atomic E-state index is 6.60. The van der Waals surface area contributed by atoms with Crippen LogP contribution in [0, 0.1) is 5.41 Å². The SMILES string of the molecule is N=Cn1ccnn1. The molecule has 1 aromatic heterocycles. The number of hydrogen-bond donors (Lipinski definition) is 1. The van der Waals surface area contributed by atoms with E-state index >= 15 is 0 Å². The normalized spacial score (nSPS) is 8.57. The van der Waals surface area contributed by atoms with Crippen LogP contribution in [0.15, 0.2) is 12.4 Å². The van der Waals surface area contributed by atoms with Crippen LogP contribution in [0.4, 0.5) is 0 Å². The highest BCUT2D eigenvalue weighted by Gasteiger charge is 1.76. The second-order valence-electron chi connectivity index (χ2n) is 1.01. The second-order valence-corrected chi connectivity index (χ2v) is 1.01. The summed E-state index contributed by atoms with van der Waals surface area (Å²) in [6.45, 7) is 0. The van der Waals surface area contributed by atoms with E-state index in [1.165, 1.54) is 10.9 Å². The van der Waals surface area contributed by atoms with Gasteiger partial charge in [0.2, 0.25) is 0 Å². The third-order valence-corrected chi connectivity index (χ3v) is 0.573. The molecule has 0 aliphatic heterocycles. The Bertz CT molecular complexity index is 142. The number of hydrogen-bond acceptors (Lipinski definition) is 3. The van der Waals surface area contributed by atoms with Gasteiger partial charge in [0.1, 0.15) is 6.34 Å². The van der Waals surface area contributed by atoms with E-state index in [0.717, 1.165) is 6.34 Å². The van der Waals surface area contributed by atoms with Crippen LogP contribution in [0.1, 0.15) is 0 Å². The molecule has 0 fully saturated rings. The molecular weight excluding hydrogens is 92.1 g/mol. The summed E-state index contributed by atoms with van der Waals surface area (Å²) >= 11 is 0. The maximum absolute atomic E-state index is 6.60. The van der Waals surface area contributed by atoms with Crippen LogP contribution < -0.4 is 0 Å². The van der Waals surface area contributed by atoms with Gasteiger partial charge in [-0.25, -0.2) is 4.68 Å². The van der Waals surface area contributed by atoms with E-state index in [0.29, 0.717) is 0 Å². The molecule has 4 heteroatoms. The first kappa shape index (κ1) is 3.98. The monoisotopic (exact) mass is 96.0 g/mol. The zero-order valence-corrected chi connectivity index (χ0v) is 3.57. The highest BCUT2D eigenvalue weighted by molar-refractivity contribution is 5.51. The molecule has 0 saturated heterocycles. The zero-order valence-electron chi connectivity index (χ0n) is 3.57. The lowest BCUT2D eigenvalue weighted by atomic mass is 10.9. The number of aromatic nitrogens is 3. The van der Waals surface area contributed by atoms with Crippen molar-refractivity contribution in [1.29, 1.82) is 5.41 Å². The van der Waals surface area contributed by atoms with Crippen molar-refractivity contribution in [3.8, 4) is 0 Å². The second kappa shape index (κ2) is 1.51. The molecule has 0 radical (unpaired) electrons. The summed E-state index contributed by atoms with van der Waals surface area (Å²) in [4.78, 5) is 0. The average Bonchev–Trinajstić information content (AvgIpc) is 2.14. The van der Waals surface area contributed by atoms with Crippen LogP contribution in [0.25, 0.3) is 0 Å². The minimum Gasteiger partial charge on any atom is -0.289 e. The van der Waals surface area contributed by atoms with Gasteiger partial charge in [0.15, 0.2) is 0 Å². The minimum atomic E-state index is 1.08. The Balaban J connectivity index is 2.96. The van der Waals surface area contributed by atoms with Crippen molar-refractivity contribution in [3.05, 3.63) is 12.4 Å². The third-order valence-electron chi connectivity index (χ3n) is 0.573. The molecule has 0 bridgehead atoms. The molecule has 1 rings (SSSR count). The fraction of sp³-hybridized carbons (Fsp3) is 0. The lowest BCUT2D eigenvalue weighted by Gasteiger charge is -1.76. The van der Waals surface area contributed by atoms with Gasteiger partial charge in [0.05, 0.1) is 12.4 Å². The topological polar surface area (TPSA) is 54.6 Å². The fourth-order valence-electron chi connectivity index (χ4n) is 0.286. The quantitative estimate of drug-likeness (QED) is 0.386. The van der Waals surface area contributed by atoms with Crippen molar-refractivity contribution in [1.82, 2.24) is 15.0 Å². The van der Waals surface area contributed by atoms with E-state index in [4.69, 9.17) is 5.41 Å². The largest absolute Gasteiger partial charge is 0.289 e. The van der Waals surface area contributed by atoms with E-state index in [1.54, 1.807) is 6.20 Å². The summed E-state index contributed by atoms with van der Waals surface area (Å²) in [5.41, 5.74) is 0. The predicted octanol–water partition coefficient (Wildman–Crippen LogP) is -0.267. The smallest absolute Gasteiger partial charge is 0.110 e.